The van der Waals surface area contributed by atoms with E-state index in [0.29, 0.717) is 5.56 Å². The van der Waals surface area contributed by atoms with Gasteiger partial charge in [0, 0.05) is 5.56 Å². The summed E-state index contributed by atoms with van der Waals surface area (Å²) in [6.07, 6.45) is 1.06. The molecule has 0 aliphatic heterocycles. The fraction of sp³-hybridized carbons (Fsp3) is 0.167. The Hall–Kier alpha value is -2.10. The molecule has 0 bridgehead atoms. The fourth-order valence-electron chi connectivity index (χ4n) is 1.09. The van der Waals surface area contributed by atoms with Gasteiger partial charge in [0.1, 0.15) is 6.10 Å². The molecule has 4 heteroatoms. The van der Waals surface area contributed by atoms with Crippen LogP contribution in [0.4, 0.5) is 0 Å². The molecular formula is C12H13NO3. The number of hydrogen-bond donors (Lipinski definition) is 1. The van der Waals surface area contributed by atoms with Crippen molar-refractivity contribution in [3.05, 3.63) is 48.6 Å². The van der Waals surface area contributed by atoms with Crippen LogP contribution in [0.2, 0.25) is 0 Å². The van der Waals surface area contributed by atoms with E-state index in [-0.39, 0.29) is 5.71 Å². The van der Waals surface area contributed by atoms with Gasteiger partial charge in [-0.2, -0.15) is 0 Å². The number of nitrogens with zero attached hydrogens (tertiary/aromatic N) is 1. The zero-order valence-electron chi connectivity index (χ0n) is 8.96. The summed E-state index contributed by atoms with van der Waals surface area (Å²) in [6, 6.07) is 8.61. The maximum atomic E-state index is 11.6. The summed E-state index contributed by atoms with van der Waals surface area (Å²) in [5.74, 6) is -0.680. The van der Waals surface area contributed by atoms with Crippen LogP contribution in [0.5, 0.6) is 0 Å². The van der Waals surface area contributed by atoms with E-state index in [1.807, 2.05) is 0 Å². The topological polar surface area (TPSA) is 58.9 Å². The molecule has 0 aliphatic carbocycles. The molecule has 16 heavy (non-hydrogen) atoms. The SMILES string of the molecule is C=CC(C)OC(=O)/C(=N\O)c1ccccc1. The lowest BCUT2D eigenvalue weighted by Gasteiger charge is -2.09. The van der Waals surface area contributed by atoms with Crippen molar-refractivity contribution in [2.75, 3.05) is 0 Å². The summed E-state index contributed by atoms with van der Waals surface area (Å²) in [5, 5.41) is 11.8. The van der Waals surface area contributed by atoms with Gasteiger partial charge in [-0.25, -0.2) is 4.79 Å². The lowest BCUT2D eigenvalue weighted by Crippen LogP contribution is -2.22. The van der Waals surface area contributed by atoms with Crippen LogP contribution in [0.1, 0.15) is 12.5 Å². The molecule has 0 saturated carbocycles. The molecule has 0 amide bonds. The second-order valence-electron chi connectivity index (χ2n) is 3.16. The second kappa shape index (κ2) is 5.70. The molecule has 4 nitrogen and oxygen atoms in total. The number of rotatable bonds is 4. The Morgan fingerprint density at radius 1 is 1.50 bits per heavy atom. The summed E-state index contributed by atoms with van der Waals surface area (Å²) in [5.41, 5.74) is 0.389. The summed E-state index contributed by atoms with van der Waals surface area (Å²) in [6.45, 7) is 5.16. The Bertz CT molecular complexity index is 398. The van der Waals surface area contributed by atoms with Crippen molar-refractivity contribution < 1.29 is 14.7 Å². The van der Waals surface area contributed by atoms with Crippen LogP contribution in [0.25, 0.3) is 0 Å². The fourth-order valence-corrected chi connectivity index (χ4v) is 1.09. The van der Waals surface area contributed by atoms with E-state index in [1.165, 1.54) is 6.08 Å². The highest BCUT2D eigenvalue weighted by Gasteiger charge is 2.17. The molecule has 1 atom stereocenters. The van der Waals surface area contributed by atoms with Crippen molar-refractivity contribution in [3.63, 3.8) is 0 Å². The first-order valence-corrected chi connectivity index (χ1v) is 4.80. The highest BCUT2D eigenvalue weighted by atomic mass is 16.5. The Labute approximate surface area is 93.9 Å². The minimum Gasteiger partial charge on any atom is -0.454 e. The molecule has 0 heterocycles. The van der Waals surface area contributed by atoms with E-state index >= 15 is 0 Å². The van der Waals surface area contributed by atoms with Gasteiger partial charge < -0.3 is 9.94 Å². The summed E-state index contributed by atoms with van der Waals surface area (Å²) in [7, 11) is 0. The Morgan fingerprint density at radius 3 is 2.62 bits per heavy atom. The molecule has 1 aromatic rings. The average Bonchev–Trinajstić information content (AvgIpc) is 2.31. The van der Waals surface area contributed by atoms with Crippen LogP contribution in [0, 0.1) is 0 Å². The quantitative estimate of drug-likeness (QED) is 0.277. The predicted octanol–water partition coefficient (Wildman–Crippen LogP) is 1.98. The van der Waals surface area contributed by atoms with E-state index in [4.69, 9.17) is 9.94 Å². The van der Waals surface area contributed by atoms with Crippen LogP contribution in [0.15, 0.2) is 48.1 Å². The minimum absolute atomic E-state index is 0.116. The highest BCUT2D eigenvalue weighted by molar-refractivity contribution is 6.43. The number of ether oxygens (including phenoxy) is 1. The maximum Gasteiger partial charge on any atom is 0.361 e. The van der Waals surface area contributed by atoms with Gasteiger partial charge in [0.05, 0.1) is 0 Å². The largest absolute Gasteiger partial charge is 0.454 e. The Kier molecular flexibility index (Phi) is 4.27. The molecule has 0 aliphatic rings. The molecule has 1 rings (SSSR count). The lowest BCUT2D eigenvalue weighted by molar-refractivity contribution is -0.137. The normalized spacial score (nSPS) is 12.9. The van der Waals surface area contributed by atoms with Gasteiger partial charge in [-0.15, -0.1) is 0 Å². The van der Waals surface area contributed by atoms with Crippen LogP contribution in [-0.2, 0) is 9.53 Å². The number of oxime groups is 1. The number of carbonyl (C=O) groups excluding carboxylic acids is 1. The minimum atomic E-state index is -0.680. The van der Waals surface area contributed by atoms with Crippen molar-refractivity contribution >= 4 is 11.7 Å². The van der Waals surface area contributed by atoms with Crippen molar-refractivity contribution in [2.24, 2.45) is 5.16 Å². The molecule has 1 N–H and O–H groups in total. The van der Waals surface area contributed by atoms with E-state index in [2.05, 4.69) is 11.7 Å². The van der Waals surface area contributed by atoms with Crippen molar-refractivity contribution in [2.45, 2.75) is 13.0 Å². The molecule has 1 unspecified atom stereocenters. The number of benzene rings is 1. The molecule has 1 aromatic carbocycles. The predicted molar refractivity (Wildman–Crippen MR) is 60.5 cm³/mol. The van der Waals surface area contributed by atoms with Gasteiger partial charge in [-0.1, -0.05) is 48.1 Å². The van der Waals surface area contributed by atoms with Crippen molar-refractivity contribution in [3.8, 4) is 0 Å². The summed E-state index contributed by atoms with van der Waals surface area (Å²) < 4.78 is 4.96. The maximum absolute atomic E-state index is 11.6. The molecule has 0 aromatic heterocycles. The monoisotopic (exact) mass is 219 g/mol. The van der Waals surface area contributed by atoms with Crippen LogP contribution in [-0.4, -0.2) is 23.0 Å². The van der Waals surface area contributed by atoms with Crippen molar-refractivity contribution in [1.82, 2.24) is 0 Å². The molecule has 0 spiro atoms. The van der Waals surface area contributed by atoms with Gasteiger partial charge in [-0.3, -0.25) is 0 Å². The Morgan fingerprint density at radius 2 is 2.12 bits per heavy atom. The average molecular weight is 219 g/mol. The number of hydrogen-bond acceptors (Lipinski definition) is 4. The third kappa shape index (κ3) is 2.95. The van der Waals surface area contributed by atoms with E-state index in [1.54, 1.807) is 37.3 Å². The molecular weight excluding hydrogens is 206 g/mol. The first kappa shape index (κ1) is 12.0. The van der Waals surface area contributed by atoms with Gasteiger partial charge in [0.25, 0.3) is 0 Å². The van der Waals surface area contributed by atoms with Crippen LogP contribution < -0.4 is 0 Å². The first-order chi connectivity index (χ1) is 7.69. The van der Waals surface area contributed by atoms with Crippen LogP contribution in [0.3, 0.4) is 0 Å². The third-order valence-corrected chi connectivity index (χ3v) is 1.97. The standard InChI is InChI=1S/C12H13NO3/c1-3-9(2)16-12(14)11(13-15)10-7-5-4-6-8-10/h3-9,15H,1H2,2H3/b13-11-. The number of esters is 1. The van der Waals surface area contributed by atoms with Gasteiger partial charge in [-0.05, 0) is 6.92 Å². The van der Waals surface area contributed by atoms with Crippen molar-refractivity contribution in [1.29, 1.82) is 0 Å². The van der Waals surface area contributed by atoms with E-state index in [0.717, 1.165) is 0 Å². The highest BCUT2D eigenvalue weighted by Crippen LogP contribution is 2.04. The summed E-state index contributed by atoms with van der Waals surface area (Å²) >= 11 is 0. The van der Waals surface area contributed by atoms with Gasteiger partial charge in [0.2, 0.25) is 0 Å². The number of carbonyl (C=O) groups is 1. The molecule has 0 radical (unpaired) electrons. The molecule has 84 valence electrons. The lowest BCUT2D eigenvalue weighted by atomic mass is 10.1. The van der Waals surface area contributed by atoms with Gasteiger partial charge in [0.15, 0.2) is 5.71 Å². The van der Waals surface area contributed by atoms with E-state index in [9.17, 15) is 4.79 Å². The Balaban J connectivity index is 2.85. The van der Waals surface area contributed by atoms with Gasteiger partial charge >= 0.3 is 5.97 Å². The zero-order chi connectivity index (χ0) is 12.0. The summed E-state index contributed by atoms with van der Waals surface area (Å²) in [4.78, 5) is 11.6. The second-order valence-corrected chi connectivity index (χ2v) is 3.16. The van der Waals surface area contributed by atoms with E-state index < -0.39 is 12.1 Å². The molecule has 0 saturated heterocycles. The zero-order valence-corrected chi connectivity index (χ0v) is 8.96. The smallest absolute Gasteiger partial charge is 0.361 e. The third-order valence-electron chi connectivity index (χ3n) is 1.97. The molecule has 0 fully saturated rings. The van der Waals surface area contributed by atoms with Crippen LogP contribution >= 0.6 is 0 Å². The first-order valence-electron chi connectivity index (χ1n) is 4.80.